The first kappa shape index (κ1) is 21.5. The summed E-state index contributed by atoms with van der Waals surface area (Å²) in [5.41, 5.74) is 1.14. The first-order chi connectivity index (χ1) is 13.9. The molecule has 158 valence electrons. The van der Waals surface area contributed by atoms with Gasteiger partial charge in [0.15, 0.2) is 12.3 Å². The SMILES string of the molecule is CCCc1ccc(S(=O)(=O)N2CCN(C(=O)C[NH2+][C@@H](C)c3ccco3)CC2)cc1. The van der Waals surface area contributed by atoms with Crippen LogP contribution in [0.15, 0.2) is 52.0 Å². The van der Waals surface area contributed by atoms with Gasteiger partial charge >= 0.3 is 0 Å². The normalized spacial score (nSPS) is 16.7. The Kier molecular flexibility index (Phi) is 7.10. The average Bonchev–Trinajstić information content (AvgIpc) is 3.27. The Hall–Kier alpha value is -2.16. The quantitative estimate of drug-likeness (QED) is 0.699. The Bertz CT molecular complexity index is 887. The molecule has 0 saturated carbocycles. The molecule has 1 atom stereocenters. The number of benzene rings is 1. The summed E-state index contributed by atoms with van der Waals surface area (Å²) in [6.45, 7) is 5.86. The van der Waals surface area contributed by atoms with Gasteiger partial charge in [-0.2, -0.15) is 4.31 Å². The molecule has 1 aliphatic rings. The molecule has 0 radical (unpaired) electrons. The number of nitrogens with two attached hydrogens (primary N) is 1. The van der Waals surface area contributed by atoms with E-state index in [1.807, 2.05) is 36.5 Å². The Morgan fingerprint density at radius 1 is 1.14 bits per heavy atom. The number of nitrogens with zero attached hydrogens (tertiary/aromatic N) is 2. The van der Waals surface area contributed by atoms with Gasteiger partial charge in [-0.1, -0.05) is 25.5 Å². The summed E-state index contributed by atoms with van der Waals surface area (Å²) in [5, 5.41) is 1.93. The molecule has 1 fully saturated rings. The average molecular weight is 421 g/mol. The van der Waals surface area contributed by atoms with Gasteiger partial charge in [0.2, 0.25) is 10.0 Å². The minimum Gasteiger partial charge on any atom is -0.463 e. The zero-order valence-electron chi connectivity index (χ0n) is 17.1. The number of rotatable bonds is 8. The molecule has 1 aromatic carbocycles. The second-order valence-corrected chi connectivity index (χ2v) is 9.36. The van der Waals surface area contributed by atoms with E-state index in [1.54, 1.807) is 23.3 Å². The molecule has 8 heteroatoms. The van der Waals surface area contributed by atoms with Gasteiger partial charge in [0, 0.05) is 26.2 Å². The minimum atomic E-state index is -3.52. The van der Waals surface area contributed by atoms with Crippen molar-refractivity contribution in [3.63, 3.8) is 0 Å². The maximum atomic E-state index is 12.9. The lowest BCUT2D eigenvalue weighted by Gasteiger charge is -2.33. The Morgan fingerprint density at radius 2 is 1.83 bits per heavy atom. The van der Waals surface area contributed by atoms with Crippen molar-refractivity contribution in [1.82, 2.24) is 9.21 Å². The number of piperazine rings is 1. The second-order valence-electron chi connectivity index (χ2n) is 7.42. The summed E-state index contributed by atoms with van der Waals surface area (Å²) < 4.78 is 32.6. The fraction of sp³-hybridized carbons (Fsp3) is 0.476. The lowest BCUT2D eigenvalue weighted by atomic mass is 10.1. The van der Waals surface area contributed by atoms with E-state index in [-0.39, 0.29) is 11.9 Å². The van der Waals surface area contributed by atoms with Crippen LogP contribution < -0.4 is 5.32 Å². The van der Waals surface area contributed by atoms with Crippen LogP contribution >= 0.6 is 0 Å². The molecule has 0 unspecified atom stereocenters. The fourth-order valence-corrected chi connectivity index (χ4v) is 4.94. The Morgan fingerprint density at radius 3 is 2.41 bits per heavy atom. The van der Waals surface area contributed by atoms with E-state index in [2.05, 4.69) is 6.92 Å². The number of carbonyl (C=O) groups excluding carboxylic acids is 1. The van der Waals surface area contributed by atoms with Gasteiger partial charge in [0.1, 0.15) is 6.04 Å². The highest BCUT2D eigenvalue weighted by Gasteiger charge is 2.30. The molecule has 1 aromatic heterocycles. The molecular formula is C21H30N3O4S+. The van der Waals surface area contributed by atoms with E-state index in [1.165, 1.54) is 4.31 Å². The van der Waals surface area contributed by atoms with Crippen molar-refractivity contribution in [2.24, 2.45) is 0 Å². The van der Waals surface area contributed by atoms with Crippen LogP contribution in [0.5, 0.6) is 0 Å². The fourth-order valence-electron chi connectivity index (χ4n) is 3.52. The van der Waals surface area contributed by atoms with Gasteiger partial charge in [0.25, 0.3) is 5.91 Å². The highest BCUT2D eigenvalue weighted by molar-refractivity contribution is 7.89. The molecule has 0 bridgehead atoms. The van der Waals surface area contributed by atoms with Crippen LogP contribution in [0, 0.1) is 0 Å². The third-order valence-corrected chi connectivity index (χ3v) is 7.24. The predicted molar refractivity (Wildman–Crippen MR) is 110 cm³/mol. The molecule has 0 aliphatic carbocycles. The minimum absolute atomic E-state index is 0.0179. The summed E-state index contributed by atoms with van der Waals surface area (Å²) >= 11 is 0. The smallest absolute Gasteiger partial charge is 0.277 e. The maximum Gasteiger partial charge on any atom is 0.277 e. The number of carbonyl (C=O) groups is 1. The molecule has 2 heterocycles. The van der Waals surface area contributed by atoms with Gasteiger partial charge < -0.3 is 14.6 Å². The summed E-state index contributed by atoms with van der Waals surface area (Å²) in [7, 11) is -3.52. The van der Waals surface area contributed by atoms with Gasteiger partial charge in [-0.15, -0.1) is 0 Å². The lowest BCUT2D eigenvalue weighted by molar-refractivity contribution is -0.685. The second kappa shape index (κ2) is 9.56. The Labute approximate surface area is 172 Å². The number of amides is 1. The number of sulfonamides is 1. The summed E-state index contributed by atoms with van der Waals surface area (Å²) in [6, 6.07) is 10.9. The molecule has 3 rings (SSSR count). The topological polar surface area (TPSA) is 87.4 Å². The van der Waals surface area contributed by atoms with Crippen LogP contribution in [0.4, 0.5) is 0 Å². The molecule has 1 amide bonds. The van der Waals surface area contributed by atoms with E-state index in [9.17, 15) is 13.2 Å². The van der Waals surface area contributed by atoms with Crippen molar-refractivity contribution < 1.29 is 22.9 Å². The van der Waals surface area contributed by atoms with Crippen LogP contribution in [0.2, 0.25) is 0 Å². The standard InChI is InChI=1S/C21H29N3O4S/c1-3-5-18-7-9-19(10-8-18)29(26,27)24-13-11-23(12-14-24)21(25)16-22-17(2)20-6-4-15-28-20/h4,6-10,15,17,22H,3,5,11-14,16H2,1-2H3/p+1/t17-/m0/s1. The van der Waals surface area contributed by atoms with E-state index in [0.29, 0.717) is 37.6 Å². The van der Waals surface area contributed by atoms with Crippen molar-refractivity contribution in [3.05, 3.63) is 54.0 Å². The first-order valence-electron chi connectivity index (χ1n) is 10.2. The molecule has 1 aliphatic heterocycles. The van der Waals surface area contributed by atoms with E-state index >= 15 is 0 Å². The van der Waals surface area contributed by atoms with Crippen molar-refractivity contribution in [1.29, 1.82) is 0 Å². The molecule has 7 nitrogen and oxygen atoms in total. The third kappa shape index (κ3) is 5.26. The number of aryl methyl sites for hydroxylation is 1. The van der Waals surface area contributed by atoms with Crippen molar-refractivity contribution in [2.45, 2.75) is 37.6 Å². The molecule has 29 heavy (non-hydrogen) atoms. The van der Waals surface area contributed by atoms with Crippen LogP contribution in [-0.2, 0) is 21.2 Å². The lowest BCUT2D eigenvalue weighted by Crippen LogP contribution is -2.87. The molecule has 0 spiro atoms. The molecular weight excluding hydrogens is 390 g/mol. The van der Waals surface area contributed by atoms with Crippen LogP contribution in [-0.4, -0.2) is 56.3 Å². The van der Waals surface area contributed by atoms with Crippen LogP contribution in [0.25, 0.3) is 0 Å². The number of hydrogen-bond donors (Lipinski definition) is 1. The molecule has 2 aromatic rings. The van der Waals surface area contributed by atoms with Crippen molar-refractivity contribution >= 4 is 15.9 Å². The summed E-state index contributed by atoms with van der Waals surface area (Å²) in [4.78, 5) is 14.5. The summed E-state index contributed by atoms with van der Waals surface area (Å²) in [5.74, 6) is 0.850. The number of quaternary nitrogens is 1. The highest BCUT2D eigenvalue weighted by Crippen LogP contribution is 2.19. The van der Waals surface area contributed by atoms with Crippen LogP contribution in [0.3, 0.4) is 0 Å². The van der Waals surface area contributed by atoms with Crippen molar-refractivity contribution in [2.75, 3.05) is 32.7 Å². The largest absolute Gasteiger partial charge is 0.463 e. The number of furan rings is 1. The monoisotopic (exact) mass is 420 g/mol. The van der Waals surface area contributed by atoms with Gasteiger partial charge in [-0.05, 0) is 43.2 Å². The van der Waals surface area contributed by atoms with Crippen LogP contribution in [0.1, 0.15) is 37.6 Å². The Balaban J connectivity index is 1.51. The third-order valence-electron chi connectivity index (χ3n) is 5.33. The van der Waals surface area contributed by atoms with E-state index < -0.39 is 10.0 Å². The molecule has 2 N–H and O–H groups in total. The predicted octanol–water partition coefficient (Wildman–Crippen LogP) is 1.39. The zero-order chi connectivity index (χ0) is 20.9. The van der Waals surface area contributed by atoms with Gasteiger partial charge in [0.05, 0.1) is 11.2 Å². The molecule has 1 saturated heterocycles. The zero-order valence-corrected chi connectivity index (χ0v) is 17.9. The number of hydrogen-bond acceptors (Lipinski definition) is 4. The summed E-state index contributed by atoms with van der Waals surface area (Å²) in [6.07, 6.45) is 3.59. The first-order valence-corrected chi connectivity index (χ1v) is 11.6. The highest BCUT2D eigenvalue weighted by atomic mass is 32.2. The van der Waals surface area contributed by atoms with E-state index in [4.69, 9.17) is 4.42 Å². The maximum absolute atomic E-state index is 12.9. The van der Waals surface area contributed by atoms with Gasteiger partial charge in [-0.3, -0.25) is 4.79 Å². The van der Waals surface area contributed by atoms with E-state index in [0.717, 1.165) is 24.2 Å². The van der Waals surface area contributed by atoms with Crippen molar-refractivity contribution in [3.8, 4) is 0 Å². The van der Waals surface area contributed by atoms with Gasteiger partial charge in [-0.25, -0.2) is 8.42 Å².